The quantitative estimate of drug-likeness (QED) is 0.430. The Labute approximate surface area is 113 Å². The van der Waals surface area contributed by atoms with Crippen LogP contribution in [-0.4, -0.2) is 54.1 Å². The highest BCUT2D eigenvalue weighted by Gasteiger charge is 2.24. The molecule has 2 amide bonds. The Balaban J connectivity index is 3.61. The largest absolute Gasteiger partial charge is 0.481 e. The van der Waals surface area contributed by atoms with E-state index in [1.54, 1.807) is 0 Å². The standard InChI is InChI=1S/C12H24N2O5/c1-3-6-19-7-4-5-13-11(17)14-9-12(2,18)8-10(15)16/h18H,3-9H2,1-2H3,(H,15,16)(H2,13,14,17). The molecule has 0 fully saturated rings. The molecule has 0 bridgehead atoms. The Bertz CT molecular complexity index is 281. The van der Waals surface area contributed by atoms with Crippen LogP contribution in [0, 0.1) is 0 Å². The topological polar surface area (TPSA) is 108 Å². The third kappa shape index (κ3) is 11.5. The molecule has 0 aliphatic rings. The molecule has 0 radical (unpaired) electrons. The summed E-state index contributed by atoms with van der Waals surface area (Å²) in [5.41, 5.74) is -1.45. The molecule has 0 rings (SSSR count). The molecular weight excluding hydrogens is 252 g/mol. The maximum Gasteiger partial charge on any atom is 0.314 e. The minimum atomic E-state index is -1.45. The third-order valence-corrected chi connectivity index (χ3v) is 2.26. The first-order valence-electron chi connectivity index (χ1n) is 6.41. The molecule has 1 unspecified atom stereocenters. The Morgan fingerprint density at radius 3 is 2.53 bits per heavy atom. The third-order valence-electron chi connectivity index (χ3n) is 2.26. The van der Waals surface area contributed by atoms with E-state index in [9.17, 15) is 14.7 Å². The minimum absolute atomic E-state index is 0.114. The second kappa shape index (κ2) is 9.57. The average molecular weight is 276 g/mol. The fourth-order valence-electron chi connectivity index (χ4n) is 1.34. The van der Waals surface area contributed by atoms with Crippen LogP contribution in [0.3, 0.4) is 0 Å². The summed E-state index contributed by atoms with van der Waals surface area (Å²) in [6.45, 7) is 5.04. The van der Waals surface area contributed by atoms with Gasteiger partial charge < -0.3 is 25.6 Å². The summed E-state index contributed by atoms with van der Waals surface area (Å²) < 4.78 is 5.25. The first-order chi connectivity index (χ1) is 8.87. The number of carbonyl (C=O) groups excluding carboxylic acids is 1. The number of carboxylic acids is 1. The van der Waals surface area contributed by atoms with Gasteiger partial charge in [-0.15, -0.1) is 0 Å². The van der Waals surface area contributed by atoms with Crippen LogP contribution >= 0.6 is 0 Å². The Kier molecular flexibility index (Phi) is 8.90. The molecule has 0 aromatic carbocycles. The molecule has 0 saturated carbocycles. The summed E-state index contributed by atoms with van der Waals surface area (Å²) in [4.78, 5) is 21.8. The number of nitrogens with one attached hydrogen (secondary N) is 2. The highest BCUT2D eigenvalue weighted by molar-refractivity contribution is 5.74. The Morgan fingerprint density at radius 2 is 1.95 bits per heavy atom. The van der Waals surface area contributed by atoms with E-state index in [1.165, 1.54) is 6.92 Å². The van der Waals surface area contributed by atoms with Crippen LogP contribution < -0.4 is 10.6 Å². The van der Waals surface area contributed by atoms with Crippen LogP contribution in [0.2, 0.25) is 0 Å². The number of carbonyl (C=O) groups is 2. The van der Waals surface area contributed by atoms with Crippen molar-refractivity contribution in [2.45, 2.75) is 38.7 Å². The zero-order chi connectivity index (χ0) is 14.7. The van der Waals surface area contributed by atoms with Gasteiger partial charge in [0.25, 0.3) is 0 Å². The van der Waals surface area contributed by atoms with E-state index in [2.05, 4.69) is 10.6 Å². The lowest BCUT2D eigenvalue weighted by Crippen LogP contribution is -2.46. The monoisotopic (exact) mass is 276 g/mol. The van der Waals surface area contributed by atoms with E-state index in [-0.39, 0.29) is 6.54 Å². The minimum Gasteiger partial charge on any atom is -0.481 e. The van der Waals surface area contributed by atoms with Crippen molar-refractivity contribution in [2.24, 2.45) is 0 Å². The fraction of sp³-hybridized carbons (Fsp3) is 0.833. The van der Waals surface area contributed by atoms with Crippen molar-refractivity contribution in [3.63, 3.8) is 0 Å². The van der Waals surface area contributed by atoms with E-state index < -0.39 is 24.0 Å². The highest BCUT2D eigenvalue weighted by atomic mass is 16.5. The average Bonchev–Trinajstić information content (AvgIpc) is 2.29. The number of aliphatic hydroxyl groups is 1. The number of urea groups is 1. The predicted octanol–water partition coefficient (Wildman–Crippen LogP) is 0.328. The van der Waals surface area contributed by atoms with Crippen LogP contribution in [0.1, 0.15) is 33.1 Å². The second-order valence-corrected chi connectivity index (χ2v) is 4.64. The fourth-order valence-corrected chi connectivity index (χ4v) is 1.34. The molecule has 0 saturated heterocycles. The molecule has 7 nitrogen and oxygen atoms in total. The van der Waals surface area contributed by atoms with Gasteiger partial charge in [0.05, 0.1) is 12.0 Å². The maximum absolute atomic E-state index is 11.3. The van der Waals surface area contributed by atoms with Gasteiger partial charge in [-0.05, 0) is 19.8 Å². The van der Waals surface area contributed by atoms with Crippen molar-refractivity contribution in [1.29, 1.82) is 0 Å². The molecule has 0 aromatic rings. The zero-order valence-corrected chi connectivity index (χ0v) is 11.6. The highest BCUT2D eigenvalue weighted by Crippen LogP contribution is 2.06. The van der Waals surface area contributed by atoms with Gasteiger partial charge in [0, 0.05) is 26.3 Å². The first-order valence-corrected chi connectivity index (χ1v) is 6.41. The summed E-state index contributed by atoms with van der Waals surface area (Å²) in [6.07, 6.45) is 1.25. The lowest BCUT2D eigenvalue weighted by atomic mass is 10.0. The Morgan fingerprint density at radius 1 is 1.26 bits per heavy atom. The Hall–Kier alpha value is -1.34. The lowest BCUT2D eigenvalue weighted by molar-refractivity contribution is -0.141. The van der Waals surface area contributed by atoms with Crippen LogP contribution in [-0.2, 0) is 9.53 Å². The molecule has 19 heavy (non-hydrogen) atoms. The molecule has 1 atom stereocenters. The summed E-state index contributed by atoms with van der Waals surface area (Å²) in [5, 5.41) is 23.2. The van der Waals surface area contributed by atoms with Crippen LogP contribution in [0.5, 0.6) is 0 Å². The number of hydrogen-bond donors (Lipinski definition) is 4. The SMILES string of the molecule is CCCOCCCNC(=O)NCC(C)(O)CC(=O)O. The molecule has 112 valence electrons. The second-order valence-electron chi connectivity index (χ2n) is 4.64. The number of amides is 2. The van der Waals surface area contributed by atoms with Crippen molar-refractivity contribution in [1.82, 2.24) is 10.6 Å². The molecule has 0 aromatic heterocycles. The number of rotatable bonds is 10. The summed E-state index contributed by atoms with van der Waals surface area (Å²) in [5.74, 6) is -1.11. The van der Waals surface area contributed by atoms with Crippen LogP contribution in [0.4, 0.5) is 4.79 Å². The predicted molar refractivity (Wildman–Crippen MR) is 70.0 cm³/mol. The van der Waals surface area contributed by atoms with Crippen molar-refractivity contribution in [3.05, 3.63) is 0 Å². The van der Waals surface area contributed by atoms with Gasteiger partial charge in [0.2, 0.25) is 0 Å². The van der Waals surface area contributed by atoms with Gasteiger partial charge >= 0.3 is 12.0 Å². The van der Waals surface area contributed by atoms with E-state index in [0.29, 0.717) is 26.2 Å². The van der Waals surface area contributed by atoms with Crippen molar-refractivity contribution in [2.75, 3.05) is 26.3 Å². The first kappa shape index (κ1) is 17.7. The molecule has 4 N–H and O–H groups in total. The summed E-state index contributed by atoms with van der Waals surface area (Å²) in [6, 6.07) is -0.429. The van der Waals surface area contributed by atoms with E-state index in [4.69, 9.17) is 9.84 Å². The van der Waals surface area contributed by atoms with Gasteiger partial charge in [-0.2, -0.15) is 0 Å². The molecule has 0 spiro atoms. The van der Waals surface area contributed by atoms with Crippen LogP contribution in [0.25, 0.3) is 0 Å². The van der Waals surface area contributed by atoms with Crippen molar-refractivity contribution < 1.29 is 24.5 Å². The lowest BCUT2D eigenvalue weighted by Gasteiger charge is -2.21. The van der Waals surface area contributed by atoms with E-state index in [1.807, 2.05) is 6.92 Å². The number of aliphatic carboxylic acids is 1. The number of ether oxygens (including phenoxy) is 1. The molecule has 7 heteroatoms. The van der Waals surface area contributed by atoms with Gasteiger partial charge in [-0.3, -0.25) is 4.79 Å². The summed E-state index contributed by atoms with van der Waals surface area (Å²) in [7, 11) is 0. The van der Waals surface area contributed by atoms with Crippen LogP contribution in [0.15, 0.2) is 0 Å². The normalized spacial score (nSPS) is 13.6. The van der Waals surface area contributed by atoms with Crippen molar-refractivity contribution >= 4 is 12.0 Å². The molecule has 0 heterocycles. The van der Waals surface area contributed by atoms with E-state index in [0.717, 1.165) is 6.42 Å². The maximum atomic E-state index is 11.3. The van der Waals surface area contributed by atoms with Gasteiger partial charge in [0.15, 0.2) is 0 Å². The van der Waals surface area contributed by atoms with E-state index >= 15 is 0 Å². The molecule has 0 aliphatic carbocycles. The van der Waals surface area contributed by atoms with Crippen molar-refractivity contribution in [3.8, 4) is 0 Å². The number of carboxylic acid groups (broad SMARTS) is 1. The number of hydrogen-bond acceptors (Lipinski definition) is 4. The molecular formula is C12H24N2O5. The van der Waals surface area contributed by atoms with Gasteiger partial charge in [0.1, 0.15) is 0 Å². The molecule has 0 aliphatic heterocycles. The van der Waals surface area contributed by atoms with Gasteiger partial charge in [-0.1, -0.05) is 6.92 Å². The zero-order valence-electron chi connectivity index (χ0n) is 11.6. The smallest absolute Gasteiger partial charge is 0.314 e. The summed E-state index contributed by atoms with van der Waals surface area (Å²) >= 11 is 0. The van der Waals surface area contributed by atoms with Gasteiger partial charge in [-0.25, -0.2) is 4.79 Å².